The Morgan fingerprint density at radius 1 is 0.975 bits per heavy atom. The van der Waals surface area contributed by atoms with E-state index in [0.29, 0.717) is 36.9 Å². The van der Waals surface area contributed by atoms with E-state index in [-0.39, 0.29) is 35.3 Å². The van der Waals surface area contributed by atoms with Gasteiger partial charge in [0.05, 0.1) is 17.5 Å². The summed E-state index contributed by atoms with van der Waals surface area (Å²) in [4.78, 5) is 29.6. The highest BCUT2D eigenvalue weighted by molar-refractivity contribution is 5.98. The molecule has 2 amide bonds. The second kappa shape index (κ2) is 11.6. The molecular weight excluding hydrogens is 501 g/mol. The summed E-state index contributed by atoms with van der Waals surface area (Å²) in [6.45, 7) is 2.29. The van der Waals surface area contributed by atoms with Crippen molar-refractivity contribution in [2.75, 3.05) is 11.9 Å². The molecule has 1 saturated heterocycles. The van der Waals surface area contributed by atoms with Crippen molar-refractivity contribution in [3.05, 3.63) is 88.9 Å². The summed E-state index contributed by atoms with van der Waals surface area (Å²) in [6, 6.07) is 13.1. The van der Waals surface area contributed by atoms with Crippen LogP contribution in [0, 0.1) is 24.6 Å². The molecule has 0 bridgehead atoms. The number of hydrogen-bond acceptors (Lipinski definition) is 3. The van der Waals surface area contributed by atoms with Crippen molar-refractivity contribution in [2.45, 2.75) is 82.7 Å². The van der Waals surface area contributed by atoms with E-state index in [9.17, 15) is 14.0 Å². The summed E-state index contributed by atoms with van der Waals surface area (Å²) in [5, 5.41) is 6.85. The first kappa shape index (κ1) is 26.8. The van der Waals surface area contributed by atoms with Gasteiger partial charge in [-0.15, -0.1) is 0 Å². The molecule has 1 heterocycles. The lowest BCUT2D eigenvalue weighted by Crippen LogP contribution is -2.55. The predicted molar refractivity (Wildman–Crippen MR) is 156 cm³/mol. The molecule has 6 heteroatoms. The molecule has 0 spiro atoms. The van der Waals surface area contributed by atoms with Crippen LogP contribution in [0.1, 0.15) is 85.2 Å². The number of benzene rings is 2. The van der Waals surface area contributed by atoms with Gasteiger partial charge in [0.2, 0.25) is 5.91 Å². The molecule has 6 rings (SSSR count). The third-order valence-electron chi connectivity index (χ3n) is 9.22. The smallest absolute Gasteiger partial charge is 0.257 e. The standard InChI is InChI=1S/C34H40FN3O2/c1-22-7-4-13-30(35)31(22)34(40)38-20-6-12-29(33(39)37-28-11-5-8-25(21-28)23-14-15-23)32(38)24-16-18-27(19-17-24)36-26-9-2-3-10-26/h4-5,7-8,11,13,16,18-19,21,23-24,26,29,32,36H,2-3,6,9-10,12,14-15,17,20H2,1H3,(H,37,39)/t24?,29-,32-/m0/s1. The molecule has 5 nitrogen and oxygen atoms in total. The van der Waals surface area contributed by atoms with Crippen LogP contribution in [0.5, 0.6) is 0 Å². The van der Waals surface area contributed by atoms with Gasteiger partial charge in [-0.3, -0.25) is 9.59 Å². The summed E-state index contributed by atoms with van der Waals surface area (Å²) >= 11 is 0. The number of aryl methyl sites for hydroxylation is 1. The largest absolute Gasteiger partial charge is 0.383 e. The van der Waals surface area contributed by atoms with Crippen molar-refractivity contribution >= 4 is 17.5 Å². The minimum Gasteiger partial charge on any atom is -0.383 e. The molecule has 2 saturated carbocycles. The monoisotopic (exact) mass is 541 g/mol. The van der Waals surface area contributed by atoms with Crippen molar-refractivity contribution in [2.24, 2.45) is 11.8 Å². The van der Waals surface area contributed by atoms with E-state index in [2.05, 4.69) is 41.0 Å². The van der Waals surface area contributed by atoms with Gasteiger partial charge in [-0.05, 0) is 93.2 Å². The SMILES string of the molecule is Cc1cccc(F)c1C(=O)N1CCC[C@H](C(=O)Nc2cccc(C3CC3)c2)[C@@H]1C1C=CC(NC2CCCC2)=CC1. The van der Waals surface area contributed by atoms with Crippen molar-refractivity contribution in [3.63, 3.8) is 0 Å². The first-order valence-electron chi connectivity index (χ1n) is 15.1. The second-order valence-electron chi connectivity index (χ2n) is 12.1. The minimum atomic E-state index is -0.505. The molecule has 3 aliphatic carbocycles. The van der Waals surface area contributed by atoms with Gasteiger partial charge in [0.1, 0.15) is 5.82 Å². The Morgan fingerprint density at radius 3 is 2.50 bits per heavy atom. The molecule has 2 N–H and O–H groups in total. The van der Waals surface area contributed by atoms with Crippen LogP contribution >= 0.6 is 0 Å². The van der Waals surface area contributed by atoms with Gasteiger partial charge < -0.3 is 15.5 Å². The summed E-state index contributed by atoms with van der Waals surface area (Å²) in [7, 11) is 0. The number of allylic oxidation sites excluding steroid dienone is 2. The Morgan fingerprint density at radius 2 is 1.77 bits per heavy atom. The van der Waals surface area contributed by atoms with Crippen molar-refractivity contribution in [1.29, 1.82) is 0 Å². The van der Waals surface area contributed by atoms with E-state index in [1.807, 2.05) is 12.1 Å². The fourth-order valence-electron chi connectivity index (χ4n) is 6.94. The third kappa shape index (κ3) is 5.72. The van der Waals surface area contributed by atoms with Crippen LogP contribution < -0.4 is 10.6 Å². The third-order valence-corrected chi connectivity index (χ3v) is 9.22. The van der Waals surface area contributed by atoms with Crippen molar-refractivity contribution in [3.8, 4) is 0 Å². The normalized spacial score (nSPS) is 25.0. The minimum absolute atomic E-state index is 0.0287. The quantitative estimate of drug-likeness (QED) is 0.402. The molecule has 2 aromatic rings. The highest BCUT2D eigenvalue weighted by Crippen LogP contribution is 2.41. The van der Waals surface area contributed by atoms with E-state index in [0.717, 1.165) is 17.8 Å². The van der Waals surface area contributed by atoms with Crippen LogP contribution in [0.4, 0.5) is 10.1 Å². The number of carbonyl (C=O) groups excluding carboxylic acids is 2. The first-order chi connectivity index (χ1) is 19.5. The number of amides is 2. The molecule has 3 fully saturated rings. The van der Waals surface area contributed by atoms with E-state index in [1.54, 1.807) is 24.0 Å². The first-order valence-corrected chi connectivity index (χ1v) is 15.1. The Hall–Kier alpha value is -3.41. The molecule has 3 atom stereocenters. The number of anilines is 1. The number of piperidine rings is 1. The number of rotatable bonds is 7. The molecule has 4 aliphatic rings. The van der Waals surface area contributed by atoms with E-state index in [4.69, 9.17) is 0 Å². The number of hydrogen-bond donors (Lipinski definition) is 2. The van der Waals surface area contributed by atoms with Gasteiger partial charge in [0, 0.05) is 29.9 Å². The maximum atomic E-state index is 15.0. The maximum absolute atomic E-state index is 15.0. The number of carbonyl (C=O) groups is 2. The summed E-state index contributed by atoms with van der Waals surface area (Å²) < 4.78 is 15.0. The summed E-state index contributed by atoms with van der Waals surface area (Å²) in [5.41, 5.74) is 3.94. The van der Waals surface area contributed by atoms with E-state index in [1.165, 1.54) is 50.2 Å². The fourth-order valence-corrected chi connectivity index (χ4v) is 6.94. The van der Waals surface area contributed by atoms with Gasteiger partial charge >= 0.3 is 0 Å². The highest BCUT2D eigenvalue weighted by Gasteiger charge is 2.43. The molecule has 2 aromatic carbocycles. The lowest BCUT2D eigenvalue weighted by molar-refractivity contribution is -0.123. The Labute approximate surface area is 236 Å². The fraction of sp³-hybridized carbons (Fsp3) is 0.471. The number of halogens is 1. The van der Waals surface area contributed by atoms with Crippen LogP contribution in [0.25, 0.3) is 0 Å². The number of nitrogens with one attached hydrogen (secondary N) is 2. The number of likely N-dealkylation sites (tertiary alicyclic amines) is 1. The summed E-state index contributed by atoms with van der Waals surface area (Å²) in [5.74, 6) is -0.702. The van der Waals surface area contributed by atoms with E-state index < -0.39 is 5.82 Å². The topological polar surface area (TPSA) is 61.4 Å². The van der Waals surface area contributed by atoms with Crippen molar-refractivity contribution < 1.29 is 14.0 Å². The molecule has 1 aliphatic heterocycles. The summed E-state index contributed by atoms with van der Waals surface area (Å²) in [6.07, 6.45) is 16.0. The second-order valence-corrected chi connectivity index (χ2v) is 12.1. The Kier molecular flexibility index (Phi) is 7.77. The predicted octanol–water partition coefficient (Wildman–Crippen LogP) is 6.86. The van der Waals surface area contributed by atoms with Crippen LogP contribution in [0.3, 0.4) is 0 Å². The lowest BCUT2D eigenvalue weighted by atomic mass is 9.77. The van der Waals surface area contributed by atoms with Gasteiger partial charge in [-0.2, -0.15) is 0 Å². The Bertz CT molecular complexity index is 1300. The van der Waals surface area contributed by atoms with Gasteiger partial charge in [-0.25, -0.2) is 4.39 Å². The zero-order valence-corrected chi connectivity index (χ0v) is 23.4. The number of nitrogens with zero attached hydrogens (tertiary/aromatic N) is 1. The average molecular weight is 542 g/mol. The van der Waals surface area contributed by atoms with Crippen molar-refractivity contribution in [1.82, 2.24) is 10.2 Å². The molecular formula is C34H40FN3O2. The Balaban J connectivity index is 1.26. The molecule has 210 valence electrons. The molecule has 1 unspecified atom stereocenters. The molecule has 0 radical (unpaired) electrons. The van der Waals surface area contributed by atoms with Crippen LogP contribution in [-0.2, 0) is 4.79 Å². The molecule has 0 aromatic heterocycles. The van der Waals surface area contributed by atoms with Gasteiger partial charge in [-0.1, -0.05) is 49.3 Å². The van der Waals surface area contributed by atoms with E-state index >= 15 is 0 Å². The lowest BCUT2D eigenvalue weighted by Gasteiger charge is -2.44. The van der Waals surface area contributed by atoms with Crippen LogP contribution in [0.15, 0.2) is 66.4 Å². The van der Waals surface area contributed by atoms with Crippen LogP contribution in [-0.4, -0.2) is 35.3 Å². The van der Waals surface area contributed by atoms with Crippen LogP contribution in [0.2, 0.25) is 0 Å². The maximum Gasteiger partial charge on any atom is 0.257 e. The zero-order chi connectivity index (χ0) is 27.6. The molecule has 40 heavy (non-hydrogen) atoms. The average Bonchev–Trinajstić information content (AvgIpc) is 3.69. The van der Waals surface area contributed by atoms with Gasteiger partial charge in [0.15, 0.2) is 0 Å². The van der Waals surface area contributed by atoms with Gasteiger partial charge in [0.25, 0.3) is 5.91 Å². The highest BCUT2D eigenvalue weighted by atomic mass is 19.1. The zero-order valence-electron chi connectivity index (χ0n) is 23.4.